The highest BCUT2D eigenvalue weighted by Crippen LogP contribution is 2.31. The highest BCUT2D eigenvalue weighted by atomic mass is 35.5. The van der Waals surface area contributed by atoms with Crippen LogP contribution in [0.2, 0.25) is 5.02 Å². The molecule has 1 aliphatic heterocycles. The van der Waals surface area contributed by atoms with E-state index in [4.69, 9.17) is 21.1 Å². The first-order valence-corrected chi connectivity index (χ1v) is 8.93. The maximum atomic E-state index is 12.7. The van der Waals surface area contributed by atoms with Crippen molar-refractivity contribution >= 4 is 29.1 Å². The van der Waals surface area contributed by atoms with E-state index in [0.717, 1.165) is 5.56 Å². The molecule has 0 spiro atoms. The van der Waals surface area contributed by atoms with Gasteiger partial charge in [-0.05, 0) is 37.6 Å². The van der Waals surface area contributed by atoms with Crippen molar-refractivity contribution in [1.82, 2.24) is 5.32 Å². The molecule has 6 nitrogen and oxygen atoms in total. The van der Waals surface area contributed by atoms with Crippen LogP contribution in [-0.4, -0.2) is 38.6 Å². The lowest BCUT2D eigenvalue weighted by Gasteiger charge is -2.19. The number of benzene rings is 2. The lowest BCUT2D eigenvalue weighted by atomic mass is 10.1. The van der Waals surface area contributed by atoms with Crippen LogP contribution >= 0.6 is 11.6 Å². The molecule has 2 aromatic rings. The highest BCUT2D eigenvalue weighted by Gasteiger charge is 2.34. The number of methoxy groups -OCH3 is 2. The van der Waals surface area contributed by atoms with Crippen molar-refractivity contribution in [3.63, 3.8) is 0 Å². The van der Waals surface area contributed by atoms with Crippen LogP contribution in [0.25, 0.3) is 0 Å². The van der Waals surface area contributed by atoms with Crippen LogP contribution in [0.5, 0.6) is 11.5 Å². The minimum Gasteiger partial charge on any atom is -0.496 e. The van der Waals surface area contributed by atoms with Gasteiger partial charge in [-0.2, -0.15) is 0 Å². The summed E-state index contributed by atoms with van der Waals surface area (Å²) in [6.45, 7) is 2.34. The van der Waals surface area contributed by atoms with E-state index in [-0.39, 0.29) is 11.8 Å². The molecular weight excluding hydrogens is 368 g/mol. The third-order valence-electron chi connectivity index (χ3n) is 4.67. The van der Waals surface area contributed by atoms with Gasteiger partial charge in [0, 0.05) is 17.7 Å². The van der Waals surface area contributed by atoms with Gasteiger partial charge in [-0.15, -0.1) is 0 Å². The molecule has 1 N–H and O–H groups in total. The van der Waals surface area contributed by atoms with E-state index in [1.54, 1.807) is 29.2 Å². The maximum Gasteiger partial charge on any atom is 0.252 e. The number of para-hydroxylation sites is 1. The first-order valence-electron chi connectivity index (χ1n) is 8.55. The second-order valence-electron chi connectivity index (χ2n) is 6.26. The topological polar surface area (TPSA) is 67.9 Å². The van der Waals surface area contributed by atoms with E-state index in [2.05, 4.69) is 5.32 Å². The lowest BCUT2D eigenvalue weighted by Crippen LogP contribution is -2.41. The molecule has 0 saturated carbocycles. The number of ether oxygens (including phenoxy) is 2. The summed E-state index contributed by atoms with van der Waals surface area (Å²) in [5, 5.41) is 3.31. The van der Waals surface area contributed by atoms with Crippen molar-refractivity contribution < 1.29 is 19.1 Å². The number of nitrogens with one attached hydrogen (secondary N) is 1. The molecule has 1 aliphatic rings. The van der Waals surface area contributed by atoms with Crippen molar-refractivity contribution in [1.29, 1.82) is 0 Å². The van der Waals surface area contributed by atoms with Crippen molar-refractivity contribution in [3.8, 4) is 11.5 Å². The first kappa shape index (κ1) is 19.0. The van der Waals surface area contributed by atoms with E-state index >= 15 is 0 Å². The lowest BCUT2D eigenvalue weighted by molar-refractivity contribution is -0.118. The Kier molecular flexibility index (Phi) is 5.56. The molecule has 0 aliphatic carbocycles. The average molecular weight is 389 g/mol. The summed E-state index contributed by atoms with van der Waals surface area (Å²) in [5.74, 6) is 0.568. The third-order valence-corrected chi connectivity index (χ3v) is 4.99. The van der Waals surface area contributed by atoms with Crippen molar-refractivity contribution in [2.45, 2.75) is 19.4 Å². The summed E-state index contributed by atoms with van der Waals surface area (Å²) in [6.07, 6.45) is 0.510. The van der Waals surface area contributed by atoms with Crippen LogP contribution in [0.3, 0.4) is 0 Å². The molecule has 27 heavy (non-hydrogen) atoms. The molecule has 0 bridgehead atoms. The van der Waals surface area contributed by atoms with Gasteiger partial charge in [0.2, 0.25) is 5.91 Å². The smallest absolute Gasteiger partial charge is 0.252 e. The van der Waals surface area contributed by atoms with Crippen molar-refractivity contribution in [2.75, 3.05) is 25.7 Å². The van der Waals surface area contributed by atoms with Crippen LogP contribution in [0, 0.1) is 6.92 Å². The molecule has 0 radical (unpaired) electrons. The molecule has 1 unspecified atom stereocenters. The van der Waals surface area contributed by atoms with E-state index in [0.29, 0.717) is 40.7 Å². The minimum absolute atomic E-state index is 0.178. The Morgan fingerprint density at radius 1 is 1.19 bits per heavy atom. The van der Waals surface area contributed by atoms with E-state index in [1.807, 2.05) is 19.1 Å². The number of anilines is 1. The average Bonchev–Trinajstić information content (AvgIpc) is 3.02. The van der Waals surface area contributed by atoms with Crippen LogP contribution in [0.4, 0.5) is 5.69 Å². The number of amides is 2. The second-order valence-corrected chi connectivity index (χ2v) is 6.67. The zero-order valence-electron chi connectivity index (χ0n) is 15.4. The van der Waals surface area contributed by atoms with Crippen molar-refractivity contribution in [3.05, 3.63) is 52.5 Å². The van der Waals surface area contributed by atoms with Gasteiger partial charge < -0.3 is 19.7 Å². The number of halogens is 1. The Bertz CT molecular complexity index is 859. The molecule has 3 rings (SSSR count). The number of rotatable bonds is 5. The van der Waals surface area contributed by atoms with Gasteiger partial charge in [-0.3, -0.25) is 9.59 Å². The Morgan fingerprint density at radius 2 is 1.81 bits per heavy atom. The molecule has 1 fully saturated rings. The Labute approximate surface area is 163 Å². The van der Waals surface area contributed by atoms with Gasteiger partial charge in [-0.1, -0.05) is 23.7 Å². The summed E-state index contributed by atoms with van der Waals surface area (Å²) < 4.78 is 10.6. The van der Waals surface area contributed by atoms with Crippen LogP contribution < -0.4 is 19.7 Å². The van der Waals surface area contributed by atoms with Crippen LogP contribution in [0.1, 0.15) is 22.3 Å². The monoisotopic (exact) mass is 388 g/mol. The number of hydrogen-bond donors (Lipinski definition) is 1. The molecule has 0 aromatic heterocycles. The van der Waals surface area contributed by atoms with E-state index in [1.165, 1.54) is 14.2 Å². The SMILES string of the molecule is COc1cc(C(=O)NC2CCN(c3ccccc3Cl)C2=O)cc(OC)c1C. The molecule has 7 heteroatoms. The van der Waals surface area contributed by atoms with Gasteiger partial charge in [0.05, 0.1) is 24.9 Å². The largest absolute Gasteiger partial charge is 0.496 e. The van der Waals surface area contributed by atoms with Gasteiger partial charge in [0.25, 0.3) is 5.91 Å². The Balaban J connectivity index is 1.77. The fourth-order valence-corrected chi connectivity index (χ4v) is 3.42. The van der Waals surface area contributed by atoms with E-state index in [9.17, 15) is 9.59 Å². The minimum atomic E-state index is -0.605. The fourth-order valence-electron chi connectivity index (χ4n) is 3.18. The van der Waals surface area contributed by atoms with E-state index < -0.39 is 6.04 Å². The normalized spacial score (nSPS) is 16.4. The summed E-state index contributed by atoms with van der Waals surface area (Å²) in [5.41, 5.74) is 1.83. The van der Waals surface area contributed by atoms with Crippen molar-refractivity contribution in [2.24, 2.45) is 0 Å². The molecule has 1 atom stereocenters. The molecular formula is C20H21ClN2O4. The molecule has 142 valence electrons. The van der Waals surface area contributed by atoms with Gasteiger partial charge >= 0.3 is 0 Å². The number of carbonyl (C=O) groups excluding carboxylic acids is 2. The molecule has 1 saturated heterocycles. The van der Waals surface area contributed by atoms with Gasteiger partial charge in [0.1, 0.15) is 17.5 Å². The predicted octanol–water partition coefficient (Wildman–Crippen LogP) is 3.20. The Hall–Kier alpha value is -2.73. The number of hydrogen-bond acceptors (Lipinski definition) is 4. The van der Waals surface area contributed by atoms with Gasteiger partial charge in [0.15, 0.2) is 0 Å². The predicted molar refractivity (Wildman–Crippen MR) is 104 cm³/mol. The number of nitrogens with zero attached hydrogens (tertiary/aromatic N) is 1. The molecule has 2 amide bonds. The maximum absolute atomic E-state index is 12.7. The summed E-state index contributed by atoms with van der Waals surface area (Å²) >= 11 is 6.19. The molecule has 1 heterocycles. The third kappa shape index (κ3) is 3.71. The quantitative estimate of drug-likeness (QED) is 0.854. The summed E-state index contributed by atoms with van der Waals surface area (Å²) in [7, 11) is 3.07. The van der Waals surface area contributed by atoms with Crippen LogP contribution in [-0.2, 0) is 4.79 Å². The summed E-state index contributed by atoms with van der Waals surface area (Å²) in [4.78, 5) is 27.0. The summed E-state index contributed by atoms with van der Waals surface area (Å²) in [6, 6.07) is 9.83. The molecule has 2 aromatic carbocycles. The zero-order valence-corrected chi connectivity index (χ0v) is 16.2. The standard InChI is InChI=1S/C20H21ClN2O4/c1-12-17(26-2)10-13(11-18(12)27-3)19(24)22-15-8-9-23(20(15)25)16-7-5-4-6-14(16)21/h4-7,10-11,15H,8-9H2,1-3H3,(H,22,24). The van der Waals surface area contributed by atoms with Crippen LogP contribution in [0.15, 0.2) is 36.4 Å². The fraction of sp³-hybridized carbons (Fsp3) is 0.300. The number of carbonyl (C=O) groups is 2. The second kappa shape index (κ2) is 7.88. The first-order chi connectivity index (χ1) is 13.0. The zero-order chi connectivity index (χ0) is 19.6. The highest BCUT2D eigenvalue weighted by molar-refractivity contribution is 6.34. The Morgan fingerprint density at radius 3 is 2.41 bits per heavy atom. The van der Waals surface area contributed by atoms with Gasteiger partial charge in [-0.25, -0.2) is 0 Å².